The summed E-state index contributed by atoms with van der Waals surface area (Å²) in [7, 11) is 0. The van der Waals surface area contributed by atoms with Crippen molar-refractivity contribution in [3.05, 3.63) is 54.1 Å². The Morgan fingerprint density at radius 1 is 1.00 bits per heavy atom. The molecule has 1 fully saturated rings. The highest BCUT2D eigenvalue weighted by Crippen LogP contribution is 2.16. The van der Waals surface area contributed by atoms with Gasteiger partial charge in [0.05, 0.1) is 11.9 Å². The Balaban J connectivity index is 1.62. The van der Waals surface area contributed by atoms with Gasteiger partial charge in [-0.1, -0.05) is 0 Å². The van der Waals surface area contributed by atoms with E-state index < -0.39 is 5.97 Å². The average Bonchev–Trinajstić information content (AvgIpc) is 2.62. The number of piperazine rings is 1. The van der Waals surface area contributed by atoms with E-state index in [0.29, 0.717) is 31.7 Å². The van der Waals surface area contributed by atoms with E-state index in [1.54, 1.807) is 36.8 Å². The molecule has 1 aliphatic rings. The number of amides is 1. The van der Waals surface area contributed by atoms with Crippen LogP contribution in [0.15, 0.2) is 42.9 Å². The molecule has 0 unspecified atom stereocenters. The zero-order valence-electron chi connectivity index (χ0n) is 12.4. The van der Waals surface area contributed by atoms with Crippen molar-refractivity contribution in [1.29, 1.82) is 0 Å². The minimum Gasteiger partial charge on any atom is -0.477 e. The maximum Gasteiger partial charge on any atom is 0.354 e. The summed E-state index contributed by atoms with van der Waals surface area (Å²) in [5.74, 6) is -1.03. The van der Waals surface area contributed by atoms with E-state index in [-0.39, 0.29) is 11.6 Å². The average molecular weight is 312 g/mol. The number of rotatable bonds is 3. The Bertz CT molecular complexity index is 695. The summed E-state index contributed by atoms with van der Waals surface area (Å²) in [4.78, 5) is 34.9. The van der Waals surface area contributed by atoms with Gasteiger partial charge in [0.25, 0.3) is 5.91 Å². The van der Waals surface area contributed by atoms with E-state index in [1.165, 1.54) is 6.07 Å². The molecule has 1 N–H and O–H groups in total. The van der Waals surface area contributed by atoms with Gasteiger partial charge in [-0.3, -0.25) is 9.78 Å². The summed E-state index contributed by atoms with van der Waals surface area (Å²) in [5, 5.41) is 8.87. The third kappa shape index (κ3) is 3.28. The molecular formula is C16H16N4O3. The summed E-state index contributed by atoms with van der Waals surface area (Å²) in [6.45, 7) is 2.60. The Morgan fingerprint density at radius 3 is 2.26 bits per heavy atom. The van der Waals surface area contributed by atoms with E-state index in [1.807, 2.05) is 4.90 Å². The smallest absolute Gasteiger partial charge is 0.354 e. The number of carboxylic acid groups (broad SMARTS) is 1. The molecule has 3 heterocycles. The van der Waals surface area contributed by atoms with Crippen molar-refractivity contribution in [2.75, 3.05) is 31.1 Å². The molecule has 1 aliphatic heterocycles. The van der Waals surface area contributed by atoms with E-state index in [0.717, 1.165) is 5.69 Å². The molecule has 0 aromatic carbocycles. The van der Waals surface area contributed by atoms with Crippen molar-refractivity contribution < 1.29 is 14.7 Å². The highest BCUT2D eigenvalue weighted by Gasteiger charge is 2.22. The van der Waals surface area contributed by atoms with Gasteiger partial charge in [0.2, 0.25) is 0 Å². The Labute approximate surface area is 133 Å². The predicted octanol–water partition coefficient (Wildman–Crippen LogP) is 1.14. The summed E-state index contributed by atoms with van der Waals surface area (Å²) < 4.78 is 0. The lowest BCUT2D eigenvalue weighted by molar-refractivity contribution is 0.0688. The fourth-order valence-corrected chi connectivity index (χ4v) is 2.54. The van der Waals surface area contributed by atoms with E-state index >= 15 is 0 Å². The maximum absolute atomic E-state index is 12.4. The van der Waals surface area contributed by atoms with Gasteiger partial charge in [0.15, 0.2) is 0 Å². The van der Waals surface area contributed by atoms with E-state index in [4.69, 9.17) is 5.11 Å². The molecule has 0 aliphatic carbocycles. The lowest BCUT2D eigenvalue weighted by Crippen LogP contribution is -2.48. The van der Waals surface area contributed by atoms with Gasteiger partial charge < -0.3 is 14.9 Å². The Morgan fingerprint density at radius 2 is 1.70 bits per heavy atom. The number of aromatic nitrogens is 2. The molecule has 118 valence electrons. The zero-order chi connectivity index (χ0) is 16.2. The second kappa shape index (κ2) is 6.43. The lowest BCUT2D eigenvalue weighted by atomic mass is 10.2. The zero-order valence-corrected chi connectivity index (χ0v) is 12.4. The van der Waals surface area contributed by atoms with E-state index in [9.17, 15) is 9.59 Å². The molecule has 2 aromatic heterocycles. The van der Waals surface area contributed by atoms with Gasteiger partial charge >= 0.3 is 5.97 Å². The number of pyridine rings is 2. The van der Waals surface area contributed by atoms with Crippen molar-refractivity contribution >= 4 is 17.6 Å². The first-order valence-electron chi connectivity index (χ1n) is 7.29. The monoisotopic (exact) mass is 312 g/mol. The molecule has 0 spiro atoms. The lowest BCUT2D eigenvalue weighted by Gasteiger charge is -2.36. The SMILES string of the molecule is O=C(O)c1ccc(N2CCN(C(=O)c3ccncc3)CC2)cn1. The van der Waals surface area contributed by atoms with Gasteiger partial charge in [-0.2, -0.15) is 0 Å². The largest absolute Gasteiger partial charge is 0.477 e. The van der Waals surface area contributed by atoms with Crippen LogP contribution in [0.25, 0.3) is 0 Å². The quantitative estimate of drug-likeness (QED) is 0.914. The minimum absolute atomic E-state index is 0.00593. The van der Waals surface area contributed by atoms with Crippen LogP contribution in [0.1, 0.15) is 20.8 Å². The van der Waals surface area contributed by atoms with Crippen LogP contribution in [-0.2, 0) is 0 Å². The van der Waals surface area contributed by atoms with Crippen LogP contribution in [0.4, 0.5) is 5.69 Å². The van der Waals surface area contributed by atoms with Gasteiger partial charge in [-0.15, -0.1) is 0 Å². The molecule has 0 radical (unpaired) electrons. The molecular weight excluding hydrogens is 296 g/mol. The van der Waals surface area contributed by atoms with Crippen molar-refractivity contribution in [1.82, 2.24) is 14.9 Å². The van der Waals surface area contributed by atoms with E-state index in [2.05, 4.69) is 14.9 Å². The van der Waals surface area contributed by atoms with Crippen LogP contribution in [-0.4, -0.2) is 58.0 Å². The number of hydrogen-bond acceptors (Lipinski definition) is 5. The van der Waals surface area contributed by atoms with Crippen LogP contribution < -0.4 is 4.90 Å². The summed E-state index contributed by atoms with van der Waals surface area (Å²) in [6, 6.07) is 6.66. The van der Waals surface area contributed by atoms with Crippen LogP contribution in [0, 0.1) is 0 Å². The van der Waals surface area contributed by atoms with Gasteiger partial charge in [-0.05, 0) is 24.3 Å². The molecule has 1 saturated heterocycles. The summed E-state index contributed by atoms with van der Waals surface area (Å²) >= 11 is 0. The molecule has 0 bridgehead atoms. The Hall–Kier alpha value is -2.96. The van der Waals surface area contributed by atoms with Crippen LogP contribution >= 0.6 is 0 Å². The number of carbonyl (C=O) groups is 2. The number of hydrogen-bond donors (Lipinski definition) is 1. The van der Waals surface area contributed by atoms with Crippen molar-refractivity contribution in [2.24, 2.45) is 0 Å². The molecule has 7 heteroatoms. The number of anilines is 1. The molecule has 3 rings (SSSR count). The molecule has 2 aromatic rings. The maximum atomic E-state index is 12.4. The second-order valence-electron chi connectivity index (χ2n) is 5.22. The number of nitrogens with zero attached hydrogens (tertiary/aromatic N) is 4. The van der Waals surface area contributed by atoms with Crippen LogP contribution in [0.5, 0.6) is 0 Å². The highest BCUT2D eigenvalue weighted by molar-refractivity contribution is 5.94. The minimum atomic E-state index is -1.04. The summed E-state index contributed by atoms with van der Waals surface area (Å²) in [6.07, 6.45) is 4.78. The normalized spacial score (nSPS) is 14.6. The molecule has 7 nitrogen and oxygen atoms in total. The third-order valence-electron chi connectivity index (χ3n) is 3.83. The first kappa shape index (κ1) is 15.0. The van der Waals surface area contributed by atoms with Gasteiger partial charge in [0.1, 0.15) is 5.69 Å². The summed E-state index contributed by atoms with van der Waals surface area (Å²) in [5.41, 5.74) is 1.53. The molecule has 23 heavy (non-hydrogen) atoms. The highest BCUT2D eigenvalue weighted by atomic mass is 16.4. The molecule has 0 saturated carbocycles. The fraction of sp³-hybridized carbons (Fsp3) is 0.250. The number of carboxylic acids is 1. The van der Waals surface area contributed by atoms with Crippen LogP contribution in [0.2, 0.25) is 0 Å². The predicted molar refractivity (Wildman–Crippen MR) is 83.5 cm³/mol. The Kier molecular flexibility index (Phi) is 4.18. The standard InChI is InChI=1S/C16H16N4O3/c21-15(12-3-5-17-6-4-12)20-9-7-19(8-10-20)13-1-2-14(16(22)23)18-11-13/h1-6,11H,7-10H2,(H,22,23). The van der Waals surface area contributed by atoms with Crippen molar-refractivity contribution in [3.8, 4) is 0 Å². The molecule has 1 amide bonds. The number of aromatic carboxylic acids is 1. The first-order valence-corrected chi connectivity index (χ1v) is 7.29. The third-order valence-corrected chi connectivity index (χ3v) is 3.83. The van der Waals surface area contributed by atoms with Gasteiger partial charge in [0, 0.05) is 44.1 Å². The van der Waals surface area contributed by atoms with Crippen molar-refractivity contribution in [2.45, 2.75) is 0 Å². The topological polar surface area (TPSA) is 86.6 Å². The van der Waals surface area contributed by atoms with Crippen molar-refractivity contribution in [3.63, 3.8) is 0 Å². The van der Waals surface area contributed by atoms with Crippen LogP contribution in [0.3, 0.4) is 0 Å². The fourth-order valence-electron chi connectivity index (χ4n) is 2.54. The first-order chi connectivity index (χ1) is 11.1. The van der Waals surface area contributed by atoms with Gasteiger partial charge in [-0.25, -0.2) is 9.78 Å². The second-order valence-corrected chi connectivity index (χ2v) is 5.22. The molecule has 0 atom stereocenters. The number of carbonyl (C=O) groups excluding carboxylic acids is 1.